The van der Waals surface area contributed by atoms with Gasteiger partial charge in [-0.2, -0.15) is 0 Å². The molecule has 0 saturated carbocycles. The fourth-order valence-electron chi connectivity index (χ4n) is 4.51. The van der Waals surface area contributed by atoms with Gasteiger partial charge >= 0.3 is 5.69 Å². The molecule has 0 aliphatic rings. The Morgan fingerprint density at radius 3 is 2.42 bits per heavy atom. The number of methoxy groups -OCH3 is 1. The lowest BCUT2D eigenvalue weighted by atomic mass is 9.92. The molecule has 0 saturated heterocycles. The number of carbonyl (C=O) groups is 2. The molecule has 0 atom stereocenters. The van der Waals surface area contributed by atoms with Crippen LogP contribution in [0, 0.1) is 6.92 Å². The number of nitrogens with two attached hydrogens (primary N) is 1. The van der Waals surface area contributed by atoms with E-state index in [4.69, 9.17) is 15.0 Å². The molecule has 0 unspecified atom stereocenters. The number of fused-ring (bicyclic) bond motifs is 1. The first kappa shape index (κ1) is 25.1. The Kier molecular flexibility index (Phi) is 6.41. The molecule has 192 valence electrons. The van der Waals surface area contributed by atoms with Crippen molar-refractivity contribution in [1.82, 2.24) is 10.3 Å². The number of thiophene rings is 1. The maximum atomic E-state index is 13.8. The van der Waals surface area contributed by atoms with Gasteiger partial charge in [-0.1, -0.05) is 31.2 Å². The first-order valence-electron chi connectivity index (χ1n) is 11.9. The third kappa shape index (κ3) is 4.08. The van der Waals surface area contributed by atoms with Crippen LogP contribution in [0.4, 0.5) is 5.69 Å². The average molecular weight is 529 g/mol. The van der Waals surface area contributed by atoms with Gasteiger partial charge in [0.05, 0.1) is 23.8 Å². The molecule has 38 heavy (non-hydrogen) atoms. The minimum Gasteiger partial charge on any atom is -0.539 e. The van der Waals surface area contributed by atoms with E-state index in [9.17, 15) is 14.7 Å². The summed E-state index contributed by atoms with van der Waals surface area (Å²) in [4.78, 5) is 31.7. The van der Waals surface area contributed by atoms with Crippen LogP contribution < -0.4 is 20.3 Å². The predicted molar refractivity (Wildman–Crippen MR) is 141 cm³/mol. The van der Waals surface area contributed by atoms with Crippen molar-refractivity contribution in [2.24, 2.45) is 0 Å². The molecular formula is C28H24N4O5S. The van der Waals surface area contributed by atoms with Crippen LogP contribution in [0.5, 0.6) is 11.7 Å². The number of nitrogens with zero attached hydrogens (tertiary/aromatic N) is 3. The maximum absolute atomic E-state index is 13.8. The van der Waals surface area contributed by atoms with Gasteiger partial charge in [-0.3, -0.25) is 9.59 Å². The van der Waals surface area contributed by atoms with Gasteiger partial charge in [0, 0.05) is 28.6 Å². The molecular weight excluding hydrogens is 504 g/mol. The van der Waals surface area contributed by atoms with E-state index in [-0.39, 0.29) is 22.0 Å². The van der Waals surface area contributed by atoms with E-state index in [0.717, 1.165) is 33.6 Å². The molecule has 0 amide bonds. The normalized spacial score (nSPS) is 11.2. The third-order valence-electron chi connectivity index (χ3n) is 6.41. The second-order valence-electron chi connectivity index (χ2n) is 8.73. The fourth-order valence-corrected chi connectivity index (χ4v) is 5.60. The lowest BCUT2D eigenvalue weighted by Gasteiger charge is -2.13. The van der Waals surface area contributed by atoms with Crippen LogP contribution >= 0.6 is 11.3 Å². The second-order valence-corrected chi connectivity index (χ2v) is 9.73. The van der Waals surface area contributed by atoms with E-state index in [1.807, 2.05) is 24.3 Å². The molecule has 0 aliphatic carbocycles. The fraction of sp³-hybridized carbons (Fsp3) is 0.179. The summed E-state index contributed by atoms with van der Waals surface area (Å²) >= 11 is 1.06. The molecule has 0 spiro atoms. The highest BCUT2D eigenvalue weighted by Gasteiger charge is 2.33. The molecule has 2 N–H and O–H groups in total. The van der Waals surface area contributed by atoms with Gasteiger partial charge in [0.1, 0.15) is 15.5 Å². The monoisotopic (exact) mass is 528 g/mol. The van der Waals surface area contributed by atoms with Crippen LogP contribution in [-0.4, -0.2) is 28.9 Å². The van der Waals surface area contributed by atoms with Crippen LogP contribution in [0.2, 0.25) is 0 Å². The number of rotatable bonds is 7. The molecule has 5 rings (SSSR count). The highest BCUT2D eigenvalue weighted by Crippen LogP contribution is 2.43. The summed E-state index contributed by atoms with van der Waals surface area (Å²) in [5.41, 5.74) is 10.4. The van der Waals surface area contributed by atoms with Crippen molar-refractivity contribution in [3.8, 4) is 28.5 Å². The van der Waals surface area contributed by atoms with Crippen LogP contribution in [0.15, 0.2) is 53.1 Å². The smallest absolute Gasteiger partial charge is 0.312 e. The van der Waals surface area contributed by atoms with E-state index in [0.29, 0.717) is 38.5 Å². The number of aromatic nitrogens is 3. The van der Waals surface area contributed by atoms with Crippen molar-refractivity contribution in [2.45, 2.75) is 27.2 Å². The van der Waals surface area contributed by atoms with E-state index in [1.54, 1.807) is 31.2 Å². The zero-order valence-corrected chi connectivity index (χ0v) is 22.0. The van der Waals surface area contributed by atoms with Crippen LogP contribution in [-0.2, 0) is 6.42 Å². The van der Waals surface area contributed by atoms with E-state index >= 15 is 0 Å². The number of carbonyl (C=O) groups excluding carboxylic acids is 2. The van der Waals surface area contributed by atoms with Crippen molar-refractivity contribution in [2.75, 3.05) is 12.8 Å². The number of pyridine rings is 1. The van der Waals surface area contributed by atoms with Crippen molar-refractivity contribution in [3.05, 3.63) is 75.9 Å². The second kappa shape index (κ2) is 9.71. The number of nitrogen functional groups attached to an aromatic ring is 1. The molecule has 10 heteroatoms. The molecule has 3 aromatic heterocycles. The van der Waals surface area contributed by atoms with Crippen molar-refractivity contribution in [1.29, 1.82) is 0 Å². The number of anilines is 1. The zero-order valence-electron chi connectivity index (χ0n) is 21.2. The standard InChI is InChI=1S/C28H24N4O5S/c1-5-16-6-8-17(9-7-16)21-20(15(3)33)14(2)30-27-22(21)23(29)26(38-27)25(34)24-28(35)37-31-32(24)18-10-12-19(36-4)13-11-18/h6-13H,5H2,1-4H3,(H2-,29,31,34,35). The maximum Gasteiger partial charge on any atom is 0.312 e. The number of hydrogen-bond donors (Lipinski definition) is 1. The molecule has 3 heterocycles. The lowest BCUT2D eigenvalue weighted by Crippen LogP contribution is -2.39. The number of aryl methyl sites for hydroxylation is 2. The summed E-state index contributed by atoms with van der Waals surface area (Å²) in [5, 5.41) is 16.9. The molecule has 0 bridgehead atoms. The number of ketones is 2. The van der Waals surface area contributed by atoms with Gasteiger partial charge in [-0.05, 0) is 48.2 Å². The summed E-state index contributed by atoms with van der Waals surface area (Å²) in [6.07, 6.45) is 0.869. The molecule has 9 nitrogen and oxygen atoms in total. The van der Waals surface area contributed by atoms with Crippen LogP contribution in [0.3, 0.4) is 0 Å². The third-order valence-corrected chi connectivity index (χ3v) is 7.51. The highest BCUT2D eigenvalue weighted by atomic mass is 32.1. The number of benzene rings is 2. The van der Waals surface area contributed by atoms with Crippen LogP contribution in [0.25, 0.3) is 27.0 Å². The predicted octanol–water partition coefficient (Wildman–Crippen LogP) is 4.20. The molecule has 0 radical (unpaired) electrons. The topological polar surface area (TPSA) is 135 Å². The minimum absolute atomic E-state index is 0.113. The van der Waals surface area contributed by atoms with E-state index < -0.39 is 11.7 Å². The summed E-state index contributed by atoms with van der Waals surface area (Å²) in [5.74, 6) is -1.11. The van der Waals surface area contributed by atoms with Gasteiger partial charge in [0.25, 0.3) is 5.78 Å². The number of hydrogen-bond acceptors (Lipinski definition) is 9. The largest absolute Gasteiger partial charge is 0.539 e. The first-order valence-corrected chi connectivity index (χ1v) is 12.7. The Hall–Kier alpha value is -4.57. The molecule has 0 fully saturated rings. The van der Waals surface area contributed by atoms with Gasteiger partial charge in [-0.15, -0.1) is 11.3 Å². The van der Waals surface area contributed by atoms with Gasteiger partial charge in [0.15, 0.2) is 11.7 Å². The first-order chi connectivity index (χ1) is 18.2. The molecule has 5 aromatic rings. The van der Waals surface area contributed by atoms with E-state index in [1.165, 1.54) is 14.0 Å². The zero-order chi connectivity index (χ0) is 27.1. The van der Waals surface area contributed by atoms with Crippen molar-refractivity contribution >= 4 is 38.8 Å². The van der Waals surface area contributed by atoms with Gasteiger partial charge < -0.3 is 20.1 Å². The van der Waals surface area contributed by atoms with E-state index in [2.05, 4.69) is 17.2 Å². The quantitative estimate of drug-likeness (QED) is 0.245. The Bertz CT molecular complexity index is 1700. The highest BCUT2D eigenvalue weighted by molar-refractivity contribution is 7.21. The van der Waals surface area contributed by atoms with Gasteiger partial charge in [0.2, 0.25) is 5.69 Å². The number of Topliss-reactive ketones (excluding diaryl/α,β-unsaturated/α-hetero) is 1. The van der Waals surface area contributed by atoms with Gasteiger partial charge in [-0.25, -0.2) is 4.98 Å². The molecule has 0 aliphatic heterocycles. The SMILES string of the molecule is CCc1ccc(-c2c(C(C)=O)c(C)nc3sc(C(=O)c4c([O-])on[n+]4-c4ccc(OC)cc4)c(N)c23)cc1. The Labute approximate surface area is 222 Å². The average Bonchev–Trinajstić information content (AvgIpc) is 3.46. The minimum atomic E-state index is -0.897. The molecule has 2 aromatic carbocycles. The number of ether oxygens (including phenoxy) is 1. The Balaban J connectivity index is 1.72. The summed E-state index contributed by atoms with van der Waals surface area (Å²) < 4.78 is 11.2. The summed E-state index contributed by atoms with van der Waals surface area (Å²) in [6, 6.07) is 14.5. The Morgan fingerprint density at radius 1 is 1.13 bits per heavy atom. The summed E-state index contributed by atoms with van der Waals surface area (Å²) in [6.45, 7) is 5.30. The van der Waals surface area contributed by atoms with Crippen molar-refractivity contribution in [3.63, 3.8) is 0 Å². The van der Waals surface area contributed by atoms with Crippen molar-refractivity contribution < 1.29 is 28.6 Å². The summed E-state index contributed by atoms with van der Waals surface area (Å²) in [7, 11) is 1.53. The van der Waals surface area contributed by atoms with Crippen LogP contribution in [0.1, 0.15) is 50.8 Å². The Morgan fingerprint density at radius 2 is 1.82 bits per heavy atom. The lowest BCUT2D eigenvalue weighted by molar-refractivity contribution is -0.672.